The molecule has 2 N–H and O–H groups in total. The lowest BCUT2D eigenvalue weighted by Gasteiger charge is -2.34. The van der Waals surface area contributed by atoms with E-state index >= 15 is 0 Å². The van der Waals surface area contributed by atoms with Crippen molar-refractivity contribution in [2.24, 2.45) is 0 Å². The molecule has 6 nitrogen and oxygen atoms in total. The molecule has 1 fully saturated rings. The second-order valence-electron chi connectivity index (χ2n) is 6.40. The zero-order chi connectivity index (χ0) is 17.9. The molecule has 0 radical (unpaired) electrons. The third-order valence-corrected chi connectivity index (χ3v) is 5.51. The zero-order valence-corrected chi connectivity index (χ0v) is 15.1. The Labute approximate surface area is 154 Å². The highest BCUT2D eigenvalue weighted by Crippen LogP contribution is 2.31. The molecular formula is C18H20FN5OS. The van der Waals surface area contributed by atoms with Gasteiger partial charge in [0.05, 0.1) is 17.1 Å². The van der Waals surface area contributed by atoms with Crippen molar-refractivity contribution >= 4 is 28.4 Å². The molecule has 0 spiro atoms. The molecule has 1 aliphatic rings. The van der Waals surface area contributed by atoms with E-state index in [0.717, 1.165) is 42.2 Å². The first-order chi connectivity index (χ1) is 12.7. The highest BCUT2D eigenvalue weighted by atomic mass is 32.1. The predicted molar refractivity (Wildman–Crippen MR) is 98.6 cm³/mol. The van der Waals surface area contributed by atoms with Gasteiger partial charge in [-0.05, 0) is 37.5 Å². The Balaban J connectivity index is 1.36. The fourth-order valence-corrected chi connectivity index (χ4v) is 4.16. The molecule has 1 aliphatic heterocycles. The van der Waals surface area contributed by atoms with Crippen LogP contribution in [0.15, 0.2) is 29.8 Å². The lowest BCUT2D eigenvalue weighted by Crippen LogP contribution is -2.45. The van der Waals surface area contributed by atoms with E-state index in [-0.39, 0.29) is 17.9 Å². The Kier molecular flexibility index (Phi) is 4.83. The third kappa shape index (κ3) is 3.55. The van der Waals surface area contributed by atoms with Crippen molar-refractivity contribution in [3.63, 3.8) is 0 Å². The van der Waals surface area contributed by atoms with Crippen molar-refractivity contribution in [1.29, 1.82) is 0 Å². The summed E-state index contributed by atoms with van der Waals surface area (Å²) in [5, 5.41) is 5.93. The number of piperidine rings is 1. The van der Waals surface area contributed by atoms with Gasteiger partial charge in [-0.15, -0.1) is 11.3 Å². The number of amides is 2. The third-order valence-electron chi connectivity index (χ3n) is 4.63. The fraction of sp³-hybridized carbons (Fsp3) is 0.389. The van der Waals surface area contributed by atoms with Gasteiger partial charge in [0.15, 0.2) is 0 Å². The molecule has 3 heterocycles. The van der Waals surface area contributed by atoms with E-state index in [1.165, 1.54) is 12.1 Å². The lowest BCUT2D eigenvalue weighted by molar-refractivity contribution is 0.151. The van der Waals surface area contributed by atoms with E-state index in [4.69, 9.17) is 0 Å². The maximum absolute atomic E-state index is 13.2. The maximum atomic E-state index is 13.2. The summed E-state index contributed by atoms with van der Waals surface area (Å²) < 4.78 is 13.2. The molecule has 1 saturated heterocycles. The van der Waals surface area contributed by atoms with E-state index in [0.29, 0.717) is 18.5 Å². The molecule has 1 aromatic carbocycles. The van der Waals surface area contributed by atoms with Crippen LogP contribution >= 0.6 is 11.3 Å². The predicted octanol–water partition coefficient (Wildman–Crippen LogP) is 3.64. The monoisotopic (exact) mass is 373 g/mol. The highest BCUT2D eigenvalue weighted by molar-refractivity contribution is 7.09. The molecule has 4 rings (SSSR count). The van der Waals surface area contributed by atoms with E-state index in [9.17, 15) is 9.18 Å². The van der Waals surface area contributed by atoms with Gasteiger partial charge >= 0.3 is 6.03 Å². The topological polar surface area (TPSA) is 73.9 Å². The molecule has 3 aromatic rings. The standard InChI is InChI=1S/C18H20FN5OS/c19-12-4-5-13-14(11-12)23-16(22-13)6-7-21-18(25)24-9-2-1-3-15(24)17-20-8-10-26-17/h4-5,8,10-11,15H,1-3,6-7,9H2,(H,21,25)(H,22,23)/t15-/m1/s1. The number of benzene rings is 1. The number of aromatic amines is 1. The van der Waals surface area contributed by atoms with Crippen molar-refractivity contribution in [2.75, 3.05) is 13.1 Å². The van der Waals surface area contributed by atoms with Gasteiger partial charge in [0.25, 0.3) is 0 Å². The van der Waals surface area contributed by atoms with Crippen LogP contribution in [0.1, 0.15) is 36.1 Å². The van der Waals surface area contributed by atoms with Gasteiger partial charge in [-0.25, -0.2) is 19.2 Å². The number of thiazole rings is 1. The van der Waals surface area contributed by atoms with Crippen LogP contribution in [-0.4, -0.2) is 39.0 Å². The Morgan fingerprint density at radius 1 is 1.42 bits per heavy atom. The number of imidazole rings is 1. The van der Waals surface area contributed by atoms with Crippen LogP contribution in [0.3, 0.4) is 0 Å². The number of nitrogens with zero attached hydrogens (tertiary/aromatic N) is 3. The number of halogens is 1. The number of carbonyl (C=O) groups excluding carboxylic acids is 1. The molecular weight excluding hydrogens is 353 g/mol. The number of rotatable bonds is 4. The minimum absolute atomic E-state index is 0.0629. The molecule has 0 bridgehead atoms. The number of likely N-dealkylation sites (tertiary alicyclic amines) is 1. The van der Waals surface area contributed by atoms with E-state index in [1.807, 2.05) is 10.3 Å². The molecule has 0 unspecified atom stereocenters. The first-order valence-corrected chi connectivity index (χ1v) is 9.67. The maximum Gasteiger partial charge on any atom is 0.318 e. The zero-order valence-electron chi connectivity index (χ0n) is 14.2. The first-order valence-electron chi connectivity index (χ1n) is 8.79. The van der Waals surface area contributed by atoms with Gasteiger partial charge in [-0.3, -0.25) is 0 Å². The Bertz CT molecular complexity index is 894. The van der Waals surface area contributed by atoms with E-state index in [1.54, 1.807) is 23.6 Å². The van der Waals surface area contributed by atoms with Gasteiger partial charge in [0.1, 0.15) is 16.6 Å². The molecule has 2 aromatic heterocycles. The Hall–Kier alpha value is -2.48. The lowest BCUT2D eigenvalue weighted by atomic mass is 10.0. The molecule has 8 heteroatoms. The number of nitrogens with one attached hydrogen (secondary N) is 2. The number of hydrogen-bond donors (Lipinski definition) is 2. The fourth-order valence-electron chi connectivity index (χ4n) is 3.37. The Morgan fingerprint density at radius 2 is 2.35 bits per heavy atom. The second-order valence-corrected chi connectivity index (χ2v) is 7.33. The van der Waals surface area contributed by atoms with Crippen molar-refractivity contribution in [2.45, 2.75) is 31.7 Å². The average Bonchev–Trinajstić information content (AvgIpc) is 3.30. The van der Waals surface area contributed by atoms with Crippen LogP contribution in [0, 0.1) is 5.82 Å². The van der Waals surface area contributed by atoms with Gasteiger partial charge in [-0.1, -0.05) is 0 Å². The van der Waals surface area contributed by atoms with Crippen LogP contribution in [-0.2, 0) is 6.42 Å². The number of aromatic nitrogens is 3. The molecule has 0 saturated carbocycles. The van der Waals surface area contributed by atoms with Gasteiger partial charge in [0, 0.05) is 31.1 Å². The summed E-state index contributed by atoms with van der Waals surface area (Å²) in [5.74, 6) is 0.445. The van der Waals surface area contributed by atoms with Crippen molar-refractivity contribution in [1.82, 2.24) is 25.2 Å². The van der Waals surface area contributed by atoms with Gasteiger partial charge in [-0.2, -0.15) is 0 Å². The summed E-state index contributed by atoms with van der Waals surface area (Å²) >= 11 is 1.60. The minimum Gasteiger partial charge on any atom is -0.342 e. The number of urea groups is 1. The first kappa shape index (κ1) is 17.0. The average molecular weight is 373 g/mol. The SMILES string of the molecule is O=C(NCCc1nc2ccc(F)cc2[nH]1)N1CCCC[C@@H]1c1nccs1. The number of carbonyl (C=O) groups is 1. The summed E-state index contributed by atoms with van der Waals surface area (Å²) in [5.41, 5.74) is 1.40. The highest BCUT2D eigenvalue weighted by Gasteiger charge is 2.29. The molecule has 26 heavy (non-hydrogen) atoms. The summed E-state index contributed by atoms with van der Waals surface area (Å²) in [6, 6.07) is 4.47. The second kappa shape index (κ2) is 7.41. The van der Waals surface area contributed by atoms with Crippen LogP contribution in [0.2, 0.25) is 0 Å². The quantitative estimate of drug-likeness (QED) is 0.733. The molecule has 2 amide bonds. The van der Waals surface area contributed by atoms with Gasteiger partial charge < -0.3 is 15.2 Å². The summed E-state index contributed by atoms with van der Waals surface area (Å²) in [7, 11) is 0. The van der Waals surface area contributed by atoms with Crippen LogP contribution < -0.4 is 5.32 Å². The van der Waals surface area contributed by atoms with E-state index < -0.39 is 0 Å². The van der Waals surface area contributed by atoms with Crippen molar-refractivity contribution in [3.05, 3.63) is 46.4 Å². The van der Waals surface area contributed by atoms with Gasteiger partial charge in [0.2, 0.25) is 0 Å². The number of fused-ring (bicyclic) bond motifs is 1. The van der Waals surface area contributed by atoms with E-state index in [2.05, 4.69) is 20.3 Å². The summed E-state index contributed by atoms with van der Waals surface area (Å²) in [4.78, 5) is 26.4. The smallest absolute Gasteiger partial charge is 0.318 e. The number of hydrogen-bond acceptors (Lipinski definition) is 4. The number of H-pyrrole nitrogens is 1. The van der Waals surface area contributed by atoms with Crippen LogP contribution in [0.5, 0.6) is 0 Å². The van der Waals surface area contributed by atoms with Crippen LogP contribution in [0.25, 0.3) is 11.0 Å². The molecule has 1 atom stereocenters. The normalized spacial score (nSPS) is 17.6. The molecule has 0 aliphatic carbocycles. The molecule has 136 valence electrons. The summed E-state index contributed by atoms with van der Waals surface area (Å²) in [6.07, 6.45) is 5.44. The van der Waals surface area contributed by atoms with Crippen molar-refractivity contribution in [3.8, 4) is 0 Å². The van der Waals surface area contributed by atoms with Crippen LogP contribution in [0.4, 0.5) is 9.18 Å². The minimum atomic E-state index is -0.292. The largest absolute Gasteiger partial charge is 0.342 e. The Morgan fingerprint density at radius 3 is 3.19 bits per heavy atom. The summed E-state index contributed by atoms with van der Waals surface area (Å²) in [6.45, 7) is 1.22. The van der Waals surface area contributed by atoms with Crippen molar-refractivity contribution < 1.29 is 9.18 Å².